The predicted molar refractivity (Wildman–Crippen MR) is 81.3 cm³/mol. The van der Waals surface area contributed by atoms with Gasteiger partial charge in [-0.2, -0.15) is 0 Å². The summed E-state index contributed by atoms with van der Waals surface area (Å²) in [4.78, 5) is 4.99. The van der Waals surface area contributed by atoms with E-state index in [0.717, 1.165) is 26.2 Å². The molecule has 2 N–H and O–H groups in total. The Labute approximate surface area is 117 Å². The molecule has 0 aliphatic carbocycles. The lowest BCUT2D eigenvalue weighted by atomic mass is 10.0. The molecule has 1 saturated heterocycles. The summed E-state index contributed by atoms with van der Waals surface area (Å²) in [5, 5.41) is 0. The molecule has 1 heterocycles. The van der Waals surface area contributed by atoms with Crippen molar-refractivity contribution in [2.45, 2.75) is 32.4 Å². The zero-order valence-corrected chi connectivity index (χ0v) is 12.5. The van der Waals surface area contributed by atoms with E-state index < -0.39 is 0 Å². The van der Waals surface area contributed by atoms with Crippen LogP contribution < -0.4 is 5.73 Å². The second kappa shape index (κ2) is 6.51. The van der Waals surface area contributed by atoms with Crippen LogP contribution in [-0.4, -0.2) is 49.1 Å². The van der Waals surface area contributed by atoms with Gasteiger partial charge in [0, 0.05) is 38.3 Å². The largest absolute Gasteiger partial charge is 0.323 e. The van der Waals surface area contributed by atoms with Crippen LogP contribution in [0.2, 0.25) is 0 Å². The molecule has 2 rings (SSSR count). The van der Waals surface area contributed by atoms with Gasteiger partial charge in [-0.15, -0.1) is 0 Å². The van der Waals surface area contributed by atoms with Gasteiger partial charge in [-0.05, 0) is 31.5 Å². The van der Waals surface area contributed by atoms with Gasteiger partial charge in [-0.25, -0.2) is 0 Å². The van der Waals surface area contributed by atoms with Crippen molar-refractivity contribution in [3.63, 3.8) is 0 Å². The van der Waals surface area contributed by atoms with Crippen molar-refractivity contribution in [1.82, 2.24) is 9.80 Å². The van der Waals surface area contributed by atoms with E-state index in [2.05, 4.69) is 55.0 Å². The van der Waals surface area contributed by atoms with E-state index in [9.17, 15) is 0 Å². The van der Waals surface area contributed by atoms with Crippen LogP contribution in [0.3, 0.4) is 0 Å². The normalized spacial score (nSPS) is 23.5. The molecule has 1 aromatic rings. The fourth-order valence-electron chi connectivity index (χ4n) is 3.00. The number of benzene rings is 1. The van der Waals surface area contributed by atoms with Crippen molar-refractivity contribution in [3.8, 4) is 0 Å². The molecule has 19 heavy (non-hydrogen) atoms. The van der Waals surface area contributed by atoms with E-state index in [1.54, 1.807) is 0 Å². The SMILES string of the molecule is CCC1CN(CC(N)c2ccccc2C)CCN1C. The molecule has 1 aliphatic heterocycles. The van der Waals surface area contributed by atoms with Crippen molar-refractivity contribution in [2.24, 2.45) is 5.73 Å². The van der Waals surface area contributed by atoms with Crippen LogP contribution in [0, 0.1) is 6.92 Å². The Hall–Kier alpha value is -0.900. The van der Waals surface area contributed by atoms with Crippen molar-refractivity contribution in [1.29, 1.82) is 0 Å². The summed E-state index contributed by atoms with van der Waals surface area (Å²) < 4.78 is 0. The van der Waals surface area contributed by atoms with Gasteiger partial charge in [-0.3, -0.25) is 4.90 Å². The first kappa shape index (κ1) is 14.5. The number of aryl methyl sites for hydroxylation is 1. The lowest BCUT2D eigenvalue weighted by Crippen LogP contribution is -2.52. The van der Waals surface area contributed by atoms with Gasteiger partial charge in [0.2, 0.25) is 0 Å². The molecule has 106 valence electrons. The van der Waals surface area contributed by atoms with E-state index >= 15 is 0 Å². The van der Waals surface area contributed by atoms with Gasteiger partial charge < -0.3 is 10.6 Å². The van der Waals surface area contributed by atoms with E-state index in [1.807, 2.05) is 0 Å². The molecule has 0 bridgehead atoms. The molecule has 0 aromatic heterocycles. The first-order valence-electron chi connectivity index (χ1n) is 7.35. The maximum atomic E-state index is 6.39. The zero-order chi connectivity index (χ0) is 13.8. The number of hydrogen-bond donors (Lipinski definition) is 1. The van der Waals surface area contributed by atoms with Gasteiger partial charge in [-0.1, -0.05) is 31.2 Å². The Bertz CT molecular complexity index is 405. The van der Waals surface area contributed by atoms with Gasteiger partial charge in [0.1, 0.15) is 0 Å². The third-order valence-electron chi connectivity index (χ3n) is 4.38. The highest BCUT2D eigenvalue weighted by molar-refractivity contribution is 5.28. The summed E-state index contributed by atoms with van der Waals surface area (Å²) in [6.45, 7) is 8.81. The predicted octanol–water partition coefficient (Wildman–Crippen LogP) is 2.02. The van der Waals surface area contributed by atoms with Crippen LogP contribution >= 0.6 is 0 Å². The first-order valence-corrected chi connectivity index (χ1v) is 7.35. The van der Waals surface area contributed by atoms with Crippen LogP contribution in [0.15, 0.2) is 24.3 Å². The molecule has 1 aliphatic rings. The van der Waals surface area contributed by atoms with Crippen molar-refractivity contribution < 1.29 is 0 Å². The number of nitrogens with zero attached hydrogens (tertiary/aromatic N) is 2. The topological polar surface area (TPSA) is 32.5 Å². The highest BCUT2D eigenvalue weighted by Crippen LogP contribution is 2.18. The molecule has 3 heteroatoms. The summed E-state index contributed by atoms with van der Waals surface area (Å²) in [7, 11) is 2.23. The average Bonchev–Trinajstić information content (AvgIpc) is 2.41. The summed E-state index contributed by atoms with van der Waals surface area (Å²) in [6.07, 6.45) is 1.21. The van der Waals surface area contributed by atoms with Crippen molar-refractivity contribution in [2.75, 3.05) is 33.2 Å². The number of likely N-dealkylation sites (N-methyl/N-ethyl adjacent to an activating group) is 1. The number of nitrogens with two attached hydrogens (primary N) is 1. The van der Waals surface area contributed by atoms with Gasteiger partial charge in [0.15, 0.2) is 0 Å². The Balaban J connectivity index is 1.96. The summed E-state index contributed by atoms with van der Waals surface area (Å²) >= 11 is 0. The molecule has 1 fully saturated rings. The van der Waals surface area contributed by atoms with Crippen LogP contribution in [0.1, 0.15) is 30.5 Å². The smallest absolute Gasteiger partial charge is 0.0426 e. The molecule has 2 atom stereocenters. The van der Waals surface area contributed by atoms with Crippen molar-refractivity contribution in [3.05, 3.63) is 35.4 Å². The average molecular weight is 261 g/mol. The number of rotatable bonds is 4. The highest BCUT2D eigenvalue weighted by atomic mass is 15.3. The maximum absolute atomic E-state index is 6.39. The quantitative estimate of drug-likeness (QED) is 0.900. The monoisotopic (exact) mass is 261 g/mol. The Kier molecular flexibility index (Phi) is 4.97. The molecule has 1 aromatic carbocycles. The standard InChI is InChI=1S/C16H27N3/c1-4-14-11-19(10-9-18(14)3)12-16(17)15-8-6-5-7-13(15)2/h5-8,14,16H,4,9-12,17H2,1-3H3. The van der Waals surface area contributed by atoms with Gasteiger partial charge >= 0.3 is 0 Å². The molecule has 0 radical (unpaired) electrons. The van der Waals surface area contributed by atoms with Gasteiger partial charge in [0.25, 0.3) is 0 Å². The molecule has 0 amide bonds. The zero-order valence-electron chi connectivity index (χ0n) is 12.5. The lowest BCUT2D eigenvalue weighted by molar-refractivity contribution is 0.0890. The minimum absolute atomic E-state index is 0.127. The first-order chi connectivity index (χ1) is 9.11. The minimum Gasteiger partial charge on any atom is -0.323 e. The summed E-state index contributed by atoms with van der Waals surface area (Å²) in [5.74, 6) is 0. The second-order valence-corrected chi connectivity index (χ2v) is 5.77. The van der Waals surface area contributed by atoms with Crippen LogP contribution in [-0.2, 0) is 0 Å². The second-order valence-electron chi connectivity index (χ2n) is 5.77. The van der Waals surface area contributed by atoms with Gasteiger partial charge in [0.05, 0.1) is 0 Å². The molecular formula is C16H27N3. The molecule has 2 unspecified atom stereocenters. The summed E-state index contributed by atoms with van der Waals surface area (Å²) in [5.41, 5.74) is 8.98. The van der Waals surface area contributed by atoms with E-state index in [1.165, 1.54) is 17.5 Å². The third-order valence-corrected chi connectivity index (χ3v) is 4.38. The molecule has 0 spiro atoms. The van der Waals surface area contributed by atoms with E-state index in [0.29, 0.717) is 6.04 Å². The minimum atomic E-state index is 0.127. The van der Waals surface area contributed by atoms with Crippen LogP contribution in [0.25, 0.3) is 0 Å². The Morgan fingerprint density at radius 3 is 2.74 bits per heavy atom. The highest BCUT2D eigenvalue weighted by Gasteiger charge is 2.24. The number of piperazine rings is 1. The fraction of sp³-hybridized carbons (Fsp3) is 0.625. The Morgan fingerprint density at radius 1 is 1.32 bits per heavy atom. The van der Waals surface area contributed by atoms with Crippen LogP contribution in [0.4, 0.5) is 0 Å². The van der Waals surface area contributed by atoms with E-state index in [4.69, 9.17) is 5.73 Å². The Morgan fingerprint density at radius 2 is 2.05 bits per heavy atom. The number of hydrogen-bond acceptors (Lipinski definition) is 3. The van der Waals surface area contributed by atoms with Crippen molar-refractivity contribution >= 4 is 0 Å². The van der Waals surface area contributed by atoms with Crippen LogP contribution in [0.5, 0.6) is 0 Å². The molecular weight excluding hydrogens is 234 g/mol. The third kappa shape index (κ3) is 3.56. The lowest BCUT2D eigenvalue weighted by Gasteiger charge is -2.40. The maximum Gasteiger partial charge on any atom is 0.0426 e. The molecule has 0 saturated carbocycles. The molecule has 3 nitrogen and oxygen atoms in total. The van der Waals surface area contributed by atoms with E-state index in [-0.39, 0.29) is 6.04 Å². The summed E-state index contributed by atoms with van der Waals surface area (Å²) in [6, 6.07) is 9.27. The fourth-order valence-corrected chi connectivity index (χ4v) is 3.00.